The van der Waals surface area contributed by atoms with E-state index >= 15 is 0 Å². The largest absolute Gasteiger partial charge is 0.481 e. The summed E-state index contributed by atoms with van der Waals surface area (Å²) in [6.07, 6.45) is 13.4. The second-order valence-corrected chi connectivity index (χ2v) is 20.2. The Morgan fingerprint density at radius 1 is 0.480 bits per heavy atom. The van der Waals surface area contributed by atoms with Gasteiger partial charge in [0, 0.05) is 57.9 Å². The van der Waals surface area contributed by atoms with Crippen molar-refractivity contribution in [3.05, 3.63) is 176 Å². The number of methoxy groups -OCH3 is 1. The number of aromatic nitrogens is 2. The normalized spacial score (nSPS) is 11.6. The van der Waals surface area contributed by atoms with Gasteiger partial charge >= 0.3 is 11.9 Å². The van der Waals surface area contributed by atoms with Crippen LogP contribution < -0.4 is 0 Å². The molecule has 0 aliphatic heterocycles. The minimum absolute atomic E-state index is 0.0390. The molecule has 394 valence electrons. The Bertz CT molecular complexity index is 3070. The second kappa shape index (κ2) is 26.1. The van der Waals surface area contributed by atoms with Crippen LogP contribution in [0.3, 0.4) is 0 Å². The molecule has 4 aromatic carbocycles. The molecular formula is C67H80N2O6. The van der Waals surface area contributed by atoms with Gasteiger partial charge in [-0.25, -0.2) is 0 Å². The van der Waals surface area contributed by atoms with Crippen LogP contribution in [0.2, 0.25) is 0 Å². The van der Waals surface area contributed by atoms with E-state index in [0.29, 0.717) is 31.2 Å². The molecule has 6 aromatic rings. The molecule has 0 aliphatic carbocycles. The molecule has 0 radical (unpaired) electrons. The van der Waals surface area contributed by atoms with Crippen molar-refractivity contribution in [3.8, 4) is 45.9 Å². The average Bonchev–Trinajstić information content (AvgIpc) is 3.41. The molecule has 0 spiro atoms. The highest BCUT2D eigenvalue weighted by Crippen LogP contribution is 2.43. The topological polar surface area (TPSA) is 130 Å². The summed E-state index contributed by atoms with van der Waals surface area (Å²) < 4.78 is 4.81. The van der Waals surface area contributed by atoms with Gasteiger partial charge in [0.05, 0.1) is 20.0 Å². The maximum Gasteiger partial charge on any atom is 0.310 e. The molecule has 0 bridgehead atoms. The third-order valence-corrected chi connectivity index (χ3v) is 15.9. The molecule has 0 aliphatic rings. The summed E-state index contributed by atoms with van der Waals surface area (Å²) in [4.78, 5) is 31.5. The molecule has 0 atom stereocenters. The van der Waals surface area contributed by atoms with Crippen molar-refractivity contribution >= 4 is 11.9 Å². The Labute approximate surface area is 448 Å². The second-order valence-electron chi connectivity index (χ2n) is 20.2. The fourth-order valence-electron chi connectivity index (χ4n) is 10.3. The zero-order valence-electron chi connectivity index (χ0n) is 46.9. The smallest absolute Gasteiger partial charge is 0.310 e. The molecule has 0 amide bonds. The van der Waals surface area contributed by atoms with Gasteiger partial charge in [-0.1, -0.05) is 140 Å². The number of hydrogen-bond donors (Lipinski definition) is 3. The lowest BCUT2D eigenvalue weighted by atomic mass is 9.69. The predicted molar refractivity (Wildman–Crippen MR) is 306 cm³/mol. The first-order valence-corrected chi connectivity index (χ1v) is 26.9. The Morgan fingerprint density at radius 3 is 1.13 bits per heavy atom. The number of aliphatic hydroxyl groups is 2. The van der Waals surface area contributed by atoms with Crippen LogP contribution in [0.4, 0.5) is 0 Å². The summed E-state index contributed by atoms with van der Waals surface area (Å²) in [7, 11) is 1.40. The van der Waals surface area contributed by atoms with Crippen molar-refractivity contribution in [2.24, 2.45) is 0 Å². The van der Waals surface area contributed by atoms with Crippen molar-refractivity contribution in [3.63, 3.8) is 0 Å². The highest BCUT2D eigenvalue weighted by atomic mass is 16.5. The molecule has 75 heavy (non-hydrogen) atoms. The van der Waals surface area contributed by atoms with E-state index in [1.807, 2.05) is 46.0 Å². The number of esters is 1. The number of rotatable bonds is 18. The Hall–Kier alpha value is -6.84. The van der Waals surface area contributed by atoms with E-state index in [9.17, 15) is 19.8 Å². The third-order valence-electron chi connectivity index (χ3n) is 15.9. The van der Waals surface area contributed by atoms with Gasteiger partial charge in [0.25, 0.3) is 0 Å². The fraction of sp³-hybridized carbons (Fsp3) is 0.403. The van der Waals surface area contributed by atoms with Gasteiger partial charge in [-0.3, -0.25) is 19.6 Å². The number of benzene rings is 4. The first-order valence-electron chi connectivity index (χ1n) is 26.9. The number of carbonyl (C=O) groups is 2. The van der Waals surface area contributed by atoms with Crippen molar-refractivity contribution in [2.75, 3.05) is 7.11 Å². The minimum atomic E-state index is -0.941. The summed E-state index contributed by atoms with van der Waals surface area (Å²) >= 11 is 0. The van der Waals surface area contributed by atoms with Crippen LogP contribution in [0, 0.1) is 51.4 Å². The molecule has 2 heterocycles. The van der Waals surface area contributed by atoms with E-state index in [4.69, 9.17) is 9.84 Å². The molecule has 0 saturated carbocycles. The van der Waals surface area contributed by atoms with Crippen LogP contribution in [0.25, 0.3) is 22.3 Å². The number of aliphatic carboxylic acids is 1. The van der Waals surface area contributed by atoms with Crippen molar-refractivity contribution < 1.29 is 29.6 Å². The van der Waals surface area contributed by atoms with Gasteiger partial charge in [-0.15, -0.1) is 0 Å². The standard InChI is InChI=1S/C34H41NO3.C33H39NO3/c1-8-33(37,9-2)17-16-27-12-13-29(18-24(27)5)34(10-3,11-4)30-14-15-31(25(6)19-30)28-20-26(22-35-23-28)21-32(36)38-7;1-7-32(37,8-2)16-15-26-11-12-28(17-23(26)5)33(9-3,10-4)29-13-14-30(24(6)18-29)27-19-25(20-31(35)36)21-34-22-27/h12-15,18-20,22-23,37H,8-11,21H2,1-7H3;11-14,17-19,21-22,37H,7-10,20H2,1-6H3,(H,35,36). The third kappa shape index (κ3) is 13.9. The van der Waals surface area contributed by atoms with Crippen molar-refractivity contribution in [1.29, 1.82) is 0 Å². The van der Waals surface area contributed by atoms with Crippen molar-refractivity contribution in [2.45, 2.75) is 169 Å². The molecule has 0 unspecified atom stereocenters. The molecular weight excluding hydrogens is 929 g/mol. The fourth-order valence-corrected chi connectivity index (χ4v) is 10.3. The summed E-state index contributed by atoms with van der Waals surface area (Å²) in [5.41, 5.74) is 15.0. The molecule has 3 N–H and O–H groups in total. The molecule has 2 aromatic heterocycles. The van der Waals surface area contributed by atoms with Crippen LogP contribution >= 0.6 is 0 Å². The Kier molecular flexibility index (Phi) is 20.5. The lowest BCUT2D eigenvalue weighted by Gasteiger charge is -2.34. The summed E-state index contributed by atoms with van der Waals surface area (Å²) in [5.74, 6) is 11.5. The first kappa shape index (κ1) is 59.0. The van der Waals surface area contributed by atoms with Crippen LogP contribution in [-0.4, -0.2) is 55.5 Å². The molecule has 6 rings (SSSR count). The number of carboxylic acid groups (broad SMARTS) is 1. The van der Waals surface area contributed by atoms with Crippen LogP contribution in [0.15, 0.2) is 110 Å². The van der Waals surface area contributed by atoms with E-state index in [0.717, 1.165) is 81.3 Å². The van der Waals surface area contributed by atoms with E-state index in [1.54, 1.807) is 18.6 Å². The summed E-state index contributed by atoms with van der Waals surface area (Å²) in [6, 6.07) is 30.3. The lowest BCUT2D eigenvalue weighted by molar-refractivity contribution is -0.140. The monoisotopic (exact) mass is 1010 g/mol. The lowest BCUT2D eigenvalue weighted by Crippen LogP contribution is -2.26. The van der Waals surface area contributed by atoms with Crippen molar-refractivity contribution in [1.82, 2.24) is 9.97 Å². The van der Waals surface area contributed by atoms with Crippen LogP contribution in [-0.2, 0) is 38.0 Å². The Morgan fingerprint density at radius 2 is 0.827 bits per heavy atom. The zero-order chi connectivity index (χ0) is 55.1. The Balaban J connectivity index is 0.000000277. The number of carbonyl (C=O) groups excluding carboxylic acids is 1. The molecule has 8 heteroatoms. The number of pyridine rings is 2. The quantitative estimate of drug-likeness (QED) is 0.0573. The minimum Gasteiger partial charge on any atom is -0.481 e. The summed E-state index contributed by atoms with van der Waals surface area (Å²) in [5, 5.41) is 30.3. The van der Waals surface area contributed by atoms with Crippen LogP contribution in [0.5, 0.6) is 0 Å². The molecule has 8 nitrogen and oxygen atoms in total. The van der Waals surface area contributed by atoms with Gasteiger partial charge in [0.2, 0.25) is 0 Å². The number of carboxylic acids is 1. The zero-order valence-corrected chi connectivity index (χ0v) is 46.9. The predicted octanol–water partition coefficient (Wildman–Crippen LogP) is 14.1. The number of hydrogen-bond acceptors (Lipinski definition) is 7. The number of nitrogens with zero attached hydrogens (tertiary/aromatic N) is 2. The first-order chi connectivity index (χ1) is 35.8. The van der Waals surface area contributed by atoms with Crippen LogP contribution in [0.1, 0.15) is 174 Å². The van der Waals surface area contributed by atoms with E-state index < -0.39 is 17.2 Å². The number of aryl methyl sites for hydroxylation is 4. The van der Waals surface area contributed by atoms with Gasteiger partial charge in [0.15, 0.2) is 0 Å². The van der Waals surface area contributed by atoms with E-state index in [2.05, 4.69) is 162 Å². The number of ether oxygens (including phenoxy) is 1. The van der Waals surface area contributed by atoms with Gasteiger partial charge < -0.3 is 20.1 Å². The maximum atomic E-state index is 11.7. The van der Waals surface area contributed by atoms with Gasteiger partial charge in [-0.2, -0.15) is 0 Å². The molecule has 0 fully saturated rings. The highest BCUT2D eigenvalue weighted by Gasteiger charge is 2.33. The van der Waals surface area contributed by atoms with E-state index in [-0.39, 0.29) is 29.6 Å². The van der Waals surface area contributed by atoms with Gasteiger partial charge in [-0.05, 0) is 170 Å². The molecule has 0 saturated heterocycles. The summed E-state index contributed by atoms with van der Waals surface area (Å²) in [6.45, 7) is 25.2. The highest BCUT2D eigenvalue weighted by molar-refractivity contribution is 5.75. The SMILES string of the molecule is CCC(O)(C#Cc1ccc(C(CC)(CC)c2ccc(-c3cncc(CC(=O)O)c3)c(C)c2)cc1C)CC.CCC(O)(C#Cc1ccc(C(CC)(CC)c2ccc(-c3cncc(CC(=O)OC)c3)c(C)c2)cc1C)CC. The maximum absolute atomic E-state index is 11.7. The van der Waals surface area contributed by atoms with Gasteiger partial charge in [0.1, 0.15) is 11.2 Å². The average molecular weight is 1010 g/mol. The van der Waals surface area contributed by atoms with E-state index in [1.165, 1.54) is 34.9 Å².